The molecule has 4 aromatic heterocycles. The molecule has 146 valence electrons. The molecule has 0 bridgehead atoms. The molecular weight excluding hydrogens is 366 g/mol. The monoisotopic (exact) mass is 387 g/mol. The fourth-order valence-corrected chi connectivity index (χ4v) is 3.83. The van der Waals surface area contributed by atoms with Crippen molar-refractivity contribution in [3.63, 3.8) is 0 Å². The zero-order chi connectivity index (χ0) is 20.0. The summed E-state index contributed by atoms with van der Waals surface area (Å²) in [5.41, 5.74) is 6.33. The summed E-state index contributed by atoms with van der Waals surface area (Å²) in [6.07, 6.45) is 3.28. The van der Waals surface area contributed by atoms with Crippen molar-refractivity contribution < 1.29 is 5.11 Å². The number of H-pyrrole nitrogens is 1. The fraction of sp³-hybridized carbons (Fsp3) is 0.238. The molecule has 0 amide bonds. The molecule has 8 heteroatoms. The van der Waals surface area contributed by atoms with Crippen LogP contribution in [0.25, 0.3) is 11.0 Å². The van der Waals surface area contributed by atoms with E-state index in [9.17, 15) is 5.11 Å². The number of nitrogens with zero attached hydrogens (tertiary/aromatic N) is 6. The molecule has 4 aromatic rings. The standard InChI is InChI=1S/C21H21N7O/c1-13-4-3-5-14(24-13)10-15-6-7-17-18-11-23-28(12-16-8-9-22-26-16)21(29)19(18)27(2)20(17)25-15/h3-9,11,21,29H,10,12H2,1-2H3,(H,22,26). The van der Waals surface area contributed by atoms with E-state index in [2.05, 4.69) is 26.3 Å². The predicted molar refractivity (Wildman–Crippen MR) is 109 cm³/mol. The maximum Gasteiger partial charge on any atom is 0.184 e. The van der Waals surface area contributed by atoms with Crippen molar-refractivity contribution in [1.82, 2.24) is 29.7 Å². The van der Waals surface area contributed by atoms with Crippen LogP contribution in [0.2, 0.25) is 0 Å². The second-order valence-corrected chi connectivity index (χ2v) is 7.28. The Hall–Kier alpha value is -3.52. The lowest BCUT2D eigenvalue weighted by Crippen LogP contribution is -2.29. The third-order valence-electron chi connectivity index (χ3n) is 5.24. The van der Waals surface area contributed by atoms with E-state index in [1.807, 2.05) is 48.9 Å². The average Bonchev–Trinajstić information content (AvgIpc) is 3.31. The summed E-state index contributed by atoms with van der Waals surface area (Å²) in [5.74, 6) is 0. The van der Waals surface area contributed by atoms with Gasteiger partial charge in [-0.15, -0.1) is 0 Å². The molecule has 2 N–H and O–H groups in total. The van der Waals surface area contributed by atoms with Gasteiger partial charge in [0.2, 0.25) is 0 Å². The molecule has 0 saturated carbocycles. The van der Waals surface area contributed by atoms with E-state index in [4.69, 9.17) is 4.98 Å². The van der Waals surface area contributed by atoms with Gasteiger partial charge in [0.1, 0.15) is 5.65 Å². The number of pyridine rings is 2. The average molecular weight is 387 g/mol. The van der Waals surface area contributed by atoms with Crippen molar-refractivity contribution in [1.29, 1.82) is 0 Å². The van der Waals surface area contributed by atoms with E-state index in [1.165, 1.54) is 0 Å². The van der Waals surface area contributed by atoms with Crippen molar-refractivity contribution in [3.05, 3.63) is 76.6 Å². The van der Waals surface area contributed by atoms with Gasteiger partial charge in [-0.3, -0.25) is 15.1 Å². The van der Waals surface area contributed by atoms with E-state index in [1.54, 1.807) is 17.4 Å². The molecule has 1 atom stereocenters. The van der Waals surface area contributed by atoms with Crippen molar-refractivity contribution in [3.8, 4) is 0 Å². The predicted octanol–water partition coefficient (Wildman–Crippen LogP) is 2.43. The van der Waals surface area contributed by atoms with Gasteiger partial charge in [0.15, 0.2) is 6.23 Å². The summed E-state index contributed by atoms with van der Waals surface area (Å²) in [7, 11) is 1.93. The maximum absolute atomic E-state index is 11.0. The number of nitrogens with one attached hydrogen (secondary N) is 1. The summed E-state index contributed by atoms with van der Waals surface area (Å²) in [4.78, 5) is 9.43. The first-order valence-corrected chi connectivity index (χ1v) is 9.48. The molecule has 1 unspecified atom stereocenters. The molecule has 0 saturated heterocycles. The highest BCUT2D eigenvalue weighted by atomic mass is 16.3. The largest absolute Gasteiger partial charge is 0.367 e. The number of aliphatic hydroxyl groups excluding tert-OH is 1. The zero-order valence-corrected chi connectivity index (χ0v) is 16.2. The molecule has 0 radical (unpaired) electrons. The first kappa shape index (κ1) is 17.6. The van der Waals surface area contributed by atoms with E-state index in [0.29, 0.717) is 13.0 Å². The van der Waals surface area contributed by atoms with E-state index in [0.717, 1.165) is 45.1 Å². The smallest absolute Gasteiger partial charge is 0.184 e. The minimum atomic E-state index is -0.862. The number of rotatable bonds is 4. The molecule has 5 heterocycles. The minimum absolute atomic E-state index is 0.441. The zero-order valence-electron chi connectivity index (χ0n) is 16.2. The molecule has 1 aliphatic rings. The summed E-state index contributed by atoms with van der Waals surface area (Å²) < 4.78 is 1.95. The number of aromatic amines is 1. The van der Waals surface area contributed by atoms with Crippen LogP contribution in [0.3, 0.4) is 0 Å². The number of aliphatic hydroxyl groups is 1. The maximum atomic E-state index is 11.0. The molecular formula is C21H21N7O. The second-order valence-electron chi connectivity index (χ2n) is 7.28. The Bertz CT molecular complexity index is 1210. The minimum Gasteiger partial charge on any atom is -0.367 e. The highest BCUT2D eigenvalue weighted by molar-refractivity contribution is 6.00. The van der Waals surface area contributed by atoms with E-state index in [-0.39, 0.29) is 0 Å². The number of hydrogen-bond acceptors (Lipinski definition) is 6. The number of hydrogen-bond donors (Lipinski definition) is 2. The van der Waals surface area contributed by atoms with Gasteiger partial charge in [0.05, 0.1) is 24.1 Å². The van der Waals surface area contributed by atoms with Gasteiger partial charge < -0.3 is 9.67 Å². The Morgan fingerprint density at radius 3 is 2.76 bits per heavy atom. The molecule has 8 nitrogen and oxygen atoms in total. The summed E-state index contributed by atoms with van der Waals surface area (Å²) in [6, 6.07) is 11.9. The topological polar surface area (TPSA) is 95.2 Å². The van der Waals surface area contributed by atoms with Crippen molar-refractivity contribution >= 4 is 17.2 Å². The highest BCUT2D eigenvalue weighted by Gasteiger charge is 2.29. The van der Waals surface area contributed by atoms with Gasteiger partial charge in [-0.05, 0) is 37.3 Å². The number of hydrazone groups is 1. The van der Waals surface area contributed by atoms with Crippen LogP contribution < -0.4 is 0 Å². The lowest BCUT2D eigenvalue weighted by Gasteiger charge is -2.28. The Balaban J connectivity index is 1.50. The van der Waals surface area contributed by atoms with Crippen molar-refractivity contribution in [2.24, 2.45) is 12.1 Å². The van der Waals surface area contributed by atoms with Crippen LogP contribution in [0.4, 0.5) is 0 Å². The van der Waals surface area contributed by atoms with Crippen LogP contribution in [0.15, 0.2) is 47.7 Å². The van der Waals surface area contributed by atoms with Crippen molar-refractivity contribution in [2.75, 3.05) is 0 Å². The van der Waals surface area contributed by atoms with Crippen LogP contribution in [0.5, 0.6) is 0 Å². The lowest BCUT2D eigenvalue weighted by atomic mass is 10.1. The van der Waals surface area contributed by atoms with Gasteiger partial charge in [0, 0.05) is 47.7 Å². The Kier molecular flexibility index (Phi) is 4.13. The lowest BCUT2D eigenvalue weighted by molar-refractivity contribution is -0.0107. The van der Waals surface area contributed by atoms with Gasteiger partial charge in [-0.25, -0.2) is 4.98 Å². The molecule has 29 heavy (non-hydrogen) atoms. The summed E-state index contributed by atoms with van der Waals surface area (Å²) >= 11 is 0. The van der Waals surface area contributed by atoms with Crippen LogP contribution in [0.1, 0.15) is 40.3 Å². The molecule has 0 aliphatic carbocycles. The van der Waals surface area contributed by atoms with Crippen LogP contribution in [-0.2, 0) is 20.0 Å². The van der Waals surface area contributed by atoms with Crippen LogP contribution >= 0.6 is 0 Å². The first-order chi connectivity index (χ1) is 14.1. The summed E-state index contributed by atoms with van der Waals surface area (Å²) in [6.45, 7) is 2.43. The molecule has 0 spiro atoms. The first-order valence-electron chi connectivity index (χ1n) is 9.48. The highest BCUT2D eigenvalue weighted by Crippen LogP contribution is 2.33. The van der Waals surface area contributed by atoms with Gasteiger partial charge >= 0.3 is 0 Å². The van der Waals surface area contributed by atoms with Gasteiger partial charge in [0.25, 0.3) is 0 Å². The third kappa shape index (κ3) is 3.07. The number of aryl methyl sites for hydroxylation is 2. The number of fused-ring (bicyclic) bond motifs is 3. The van der Waals surface area contributed by atoms with Gasteiger partial charge in [-0.2, -0.15) is 10.2 Å². The summed E-state index contributed by atoms with van der Waals surface area (Å²) in [5, 5.41) is 24.9. The van der Waals surface area contributed by atoms with E-state index >= 15 is 0 Å². The Labute approximate surface area is 167 Å². The number of aromatic nitrogens is 5. The second kappa shape index (κ2) is 6.82. The molecule has 5 rings (SSSR count). The Morgan fingerprint density at radius 1 is 1.10 bits per heavy atom. The quantitative estimate of drug-likeness (QED) is 0.561. The Morgan fingerprint density at radius 2 is 1.97 bits per heavy atom. The van der Waals surface area contributed by atoms with Crippen molar-refractivity contribution in [2.45, 2.75) is 26.1 Å². The normalized spacial score (nSPS) is 15.8. The SMILES string of the molecule is Cc1cccc(Cc2ccc3c4c(n(C)c3n2)C(O)N(Cc2ccn[nH]2)N=C4)n1. The third-order valence-corrected chi connectivity index (χ3v) is 5.24. The van der Waals surface area contributed by atoms with E-state index < -0.39 is 6.23 Å². The van der Waals surface area contributed by atoms with Crippen LogP contribution in [0, 0.1) is 6.92 Å². The molecule has 0 aromatic carbocycles. The molecule has 0 fully saturated rings. The fourth-order valence-electron chi connectivity index (χ4n) is 3.83. The molecule has 1 aliphatic heterocycles. The van der Waals surface area contributed by atoms with Gasteiger partial charge in [-0.1, -0.05) is 6.07 Å². The van der Waals surface area contributed by atoms with Crippen LogP contribution in [-0.4, -0.2) is 41.1 Å².